The molecule has 0 amide bonds. The van der Waals surface area contributed by atoms with E-state index in [2.05, 4.69) is 9.88 Å². The Morgan fingerprint density at radius 1 is 1.30 bits per heavy atom. The molecule has 0 bridgehead atoms. The van der Waals surface area contributed by atoms with Crippen molar-refractivity contribution in [1.29, 1.82) is 0 Å². The molecular formula is C17H20ClN3O2. The molecule has 3 heterocycles. The molecule has 0 aromatic carbocycles. The Hall–Kier alpha value is -1.59. The van der Waals surface area contributed by atoms with Crippen molar-refractivity contribution in [3.05, 3.63) is 35.2 Å². The first-order valence-corrected chi connectivity index (χ1v) is 8.61. The number of likely N-dealkylation sites (tertiary alicyclic amines) is 1. The number of rotatable bonds is 3. The lowest BCUT2D eigenvalue weighted by Gasteiger charge is -2.32. The Morgan fingerprint density at radius 3 is 2.96 bits per heavy atom. The number of nitrogens with zero attached hydrogens (tertiary/aromatic N) is 3. The van der Waals surface area contributed by atoms with Gasteiger partial charge in [0, 0.05) is 25.0 Å². The van der Waals surface area contributed by atoms with Crippen LogP contribution >= 0.6 is 11.6 Å². The number of fused-ring (bicyclic) bond motifs is 2. The van der Waals surface area contributed by atoms with Crippen molar-refractivity contribution in [2.75, 3.05) is 0 Å². The first-order chi connectivity index (χ1) is 11.1. The van der Waals surface area contributed by atoms with Crippen LogP contribution < -0.4 is 0 Å². The van der Waals surface area contributed by atoms with Gasteiger partial charge in [-0.15, -0.1) is 0 Å². The summed E-state index contributed by atoms with van der Waals surface area (Å²) in [5.74, 6) is -0.178. The summed E-state index contributed by atoms with van der Waals surface area (Å²) in [6.07, 6.45) is 9.25. The first kappa shape index (κ1) is 15.0. The van der Waals surface area contributed by atoms with Crippen LogP contribution in [0.4, 0.5) is 0 Å². The van der Waals surface area contributed by atoms with Crippen LogP contribution in [0.2, 0.25) is 5.02 Å². The highest BCUT2D eigenvalue weighted by Gasteiger charge is 2.45. The largest absolute Gasteiger partial charge is 0.480 e. The van der Waals surface area contributed by atoms with Crippen LogP contribution in [0.5, 0.6) is 0 Å². The topological polar surface area (TPSA) is 57.8 Å². The quantitative estimate of drug-likeness (QED) is 0.937. The van der Waals surface area contributed by atoms with Crippen molar-refractivity contribution in [2.45, 2.75) is 50.7 Å². The fraction of sp³-hybridized carbons (Fsp3) is 0.529. The average molecular weight is 334 g/mol. The van der Waals surface area contributed by atoms with Crippen LogP contribution in [-0.4, -0.2) is 37.4 Å². The second-order valence-corrected chi connectivity index (χ2v) is 7.16. The zero-order valence-corrected chi connectivity index (χ0v) is 13.6. The highest BCUT2D eigenvalue weighted by atomic mass is 35.5. The molecule has 1 aliphatic heterocycles. The minimum Gasteiger partial charge on any atom is -0.480 e. The van der Waals surface area contributed by atoms with Gasteiger partial charge in [-0.05, 0) is 37.3 Å². The van der Waals surface area contributed by atoms with E-state index in [4.69, 9.17) is 11.6 Å². The van der Waals surface area contributed by atoms with Crippen LogP contribution in [0.1, 0.15) is 37.8 Å². The number of pyridine rings is 1. The minimum atomic E-state index is -0.703. The van der Waals surface area contributed by atoms with Crippen molar-refractivity contribution in [1.82, 2.24) is 14.3 Å². The van der Waals surface area contributed by atoms with E-state index in [1.54, 1.807) is 0 Å². The van der Waals surface area contributed by atoms with Gasteiger partial charge in [0.2, 0.25) is 0 Å². The van der Waals surface area contributed by atoms with Crippen molar-refractivity contribution in [2.24, 2.45) is 5.92 Å². The Morgan fingerprint density at radius 2 is 2.13 bits per heavy atom. The maximum Gasteiger partial charge on any atom is 0.320 e. The molecule has 4 rings (SSSR count). The Kier molecular flexibility index (Phi) is 3.77. The molecule has 6 heteroatoms. The number of carboxylic acid groups (broad SMARTS) is 1. The summed E-state index contributed by atoms with van der Waals surface area (Å²) >= 11 is 6.02. The van der Waals surface area contributed by atoms with E-state index in [1.165, 1.54) is 12.8 Å². The van der Waals surface area contributed by atoms with E-state index in [0.717, 1.165) is 30.6 Å². The minimum absolute atomic E-state index is 0.378. The van der Waals surface area contributed by atoms with Gasteiger partial charge in [-0.2, -0.15) is 0 Å². The van der Waals surface area contributed by atoms with Gasteiger partial charge in [0.25, 0.3) is 0 Å². The van der Waals surface area contributed by atoms with Crippen molar-refractivity contribution in [3.8, 4) is 0 Å². The molecule has 2 aromatic rings. The fourth-order valence-corrected chi connectivity index (χ4v) is 4.47. The van der Waals surface area contributed by atoms with Crippen molar-refractivity contribution >= 4 is 23.2 Å². The molecule has 1 saturated carbocycles. The highest BCUT2D eigenvalue weighted by Crippen LogP contribution is 2.40. The summed E-state index contributed by atoms with van der Waals surface area (Å²) in [6.45, 7) is 0.595. The second-order valence-electron chi connectivity index (χ2n) is 6.72. The molecule has 1 aliphatic carbocycles. The van der Waals surface area contributed by atoms with E-state index >= 15 is 0 Å². The second kappa shape index (κ2) is 5.80. The van der Waals surface area contributed by atoms with Gasteiger partial charge in [0.05, 0.1) is 10.7 Å². The molecule has 2 aliphatic rings. The van der Waals surface area contributed by atoms with E-state index in [0.29, 0.717) is 23.5 Å². The summed E-state index contributed by atoms with van der Waals surface area (Å²) in [7, 11) is 0. The van der Waals surface area contributed by atoms with Crippen LogP contribution in [0, 0.1) is 5.92 Å². The lowest BCUT2D eigenvalue weighted by molar-refractivity contribution is -0.142. The Labute approximate surface area is 139 Å². The van der Waals surface area contributed by atoms with Crippen molar-refractivity contribution in [3.63, 3.8) is 0 Å². The molecule has 0 unspecified atom stereocenters. The van der Waals surface area contributed by atoms with Crippen LogP contribution in [0.15, 0.2) is 24.5 Å². The monoisotopic (exact) mass is 333 g/mol. The molecule has 2 aromatic heterocycles. The van der Waals surface area contributed by atoms with E-state index in [-0.39, 0.29) is 6.04 Å². The molecule has 1 saturated heterocycles. The molecule has 122 valence electrons. The third-order valence-corrected chi connectivity index (χ3v) is 5.54. The standard InChI is InChI=1S/C17H20ClN3O2/c18-12-5-6-16-19-13(9-20(16)8-12)10-21-14-4-2-1-3-11(14)7-15(21)17(22)23/h5-6,8-9,11,14-15H,1-4,7,10H2,(H,22,23)/t11-,14-,15-/m0/s1. The lowest BCUT2D eigenvalue weighted by atomic mass is 9.85. The zero-order chi connectivity index (χ0) is 16.0. The van der Waals surface area contributed by atoms with Gasteiger partial charge in [-0.3, -0.25) is 9.69 Å². The van der Waals surface area contributed by atoms with Gasteiger partial charge >= 0.3 is 5.97 Å². The maximum absolute atomic E-state index is 11.7. The average Bonchev–Trinajstić information content (AvgIpc) is 3.08. The van der Waals surface area contributed by atoms with Gasteiger partial charge < -0.3 is 9.51 Å². The number of aromatic nitrogens is 2. The molecule has 0 spiro atoms. The van der Waals surface area contributed by atoms with Crippen molar-refractivity contribution < 1.29 is 9.90 Å². The van der Waals surface area contributed by atoms with Gasteiger partial charge in [-0.1, -0.05) is 24.4 Å². The molecule has 5 nitrogen and oxygen atoms in total. The summed E-state index contributed by atoms with van der Waals surface area (Å²) in [6, 6.07) is 3.71. The third kappa shape index (κ3) is 2.72. The van der Waals surface area contributed by atoms with Gasteiger partial charge in [-0.25, -0.2) is 4.98 Å². The van der Waals surface area contributed by atoms with Crippen LogP contribution in [0.25, 0.3) is 5.65 Å². The molecule has 23 heavy (non-hydrogen) atoms. The number of hydrogen-bond donors (Lipinski definition) is 1. The van der Waals surface area contributed by atoms with Gasteiger partial charge in [0.15, 0.2) is 0 Å². The van der Waals surface area contributed by atoms with E-state index in [9.17, 15) is 9.90 Å². The number of imidazole rings is 1. The third-order valence-electron chi connectivity index (χ3n) is 5.32. The zero-order valence-electron chi connectivity index (χ0n) is 12.9. The molecule has 1 N–H and O–H groups in total. The fourth-order valence-electron chi connectivity index (χ4n) is 4.30. The van der Waals surface area contributed by atoms with E-state index in [1.807, 2.05) is 28.9 Å². The summed E-state index contributed by atoms with van der Waals surface area (Å²) < 4.78 is 1.90. The Bertz CT molecular complexity index is 745. The normalized spacial score (nSPS) is 28.1. The smallest absolute Gasteiger partial charge is 0.320 e. The maximum atomic E-state index is 11.7. The predicted molar refractivity (Wildman–Crippen MR) is 87.5 cm³/mol. The predicted octanol–water partition coefficient (Wildman–Crippen LogP) is 3.21. The molecule has 2 fully saturated rings. The summed E-state index contributed by atoms with van der Waals surface area (Å²) in [5.41, 5.74) is 1.75. The Balaban J connectivity index is 1.62. The van der Waals surface area contributed by atoms with Crippen LogP contribution in [0.3, 0.4) is 0 Å². The number of carboxylic acids is 1. The number of aliphatic carboxylic acids is 1. The van der Waals surface area contributed by atoms with E-state index < -0.39 is 5.97 Å². The highest BCUT2D eigenvalue weighted by molar-refractivity contribution is 6.30. The first-order valence-electron chi connectivity index (χ1n) is 8.23. The lowest BCUT2D eigenvalue weighted by Crippen LogP contribution is -2.41. The number of carbonyl (C=O) groups is 1. The van der Waals surface area contributed by atoms with Gasteiger partial charge in [0.1, 0.15) is 11.7 Å². The molecule has 3 atom stereocenters. The summed E-state index contributed by atoms with van der Waals surface area (Å²) in [4.78, 5) is 18.5. The molecule has 0 radical (unpaired) electrons. The number of halogens is 1. The summed E-state index contributed by atoms with van der Waals surface area (Å²) in [5, 5.41) is 10.3. The number of hydrogen-bond acceptors (Lipinski definition) is 3. The molecular weight excluding hydrogens is 314 g/mol. The SMILES string of the molecule is O=C(O)[C@@H]1C[C@@H]2CCCC[C@@H]2N1Cc1cn2cc(Cl)ccc2n1. The van der Waals surface area contributed by atoms with Crippen LogP contribution in [-0.2, 0) is 11.3 Å².